The number of nitrogens with one attached hydrogen (secondary N) is 1. The van der Waals surface area contributed by atoms with E-state index in [4.69, 9.17) is 23.2 Å². The average Bonchev–Trinajstić information content (AvgIpc) is 3.60. The molecule has 208 valence electrons. The third-order valence-corrected chi connectivity index (χ3v) is 9.21. The number of carbonyl (C=O) groups is 2. The maximum atomic E-state index is 12.4. The van der Waals surface area contributed by atoms with E-state index in [0.29, 0.717) is 40.7 Å². The zero-order valence-corrected chi connectivity index (χ0v) is 23.4. The molecule has 1 aromatic heterocycles. The van der Waals surface area contributed by atoms with Crippen molar-refractivity contribution in [3.8, 4) is 0 Å². The summed E-state index contributed by atoms with van der Waals surface area (Å²) in [5.41, 5.74) is 1.37. The van der Waals surface area contributed by atoms with Crippen LogP contribution < -0.4 is 10.2 Å². The number of halogens is 2. The highest BCUT2D eigenvalue weighted by atomic mass is 35.5. The van der Waals surface area contributed by atoms with Gasteiger partial charge < -0.3 is 15.3 Å². The molecule has 1 aromatic carbocycles. The summed E-state index contributed by atoms with van der Waals surface area (Å²) in [7, 11) is 0. The van der Waals surface area contributed by atoms with Crippen molar-refractivity contribution < 1.29 is 14.7 Å². The summed E-state index contributed by atoms with van der Waals surface area (Å²) in [5, 5.41) is 13.3. The molecule has 2 aliphatic heterocycles. The molecule has 2 saturated carbocycles. The van der Waals surface area contributed by atoms with Gasteiger partial charge in [0.15, 0.2) is 11.0 Å². The van der Waals surface area contributed by atoms with Crippen LogP contribution in [0.25, 0.3) is 0 Å². The molecule has 1 amide bonds. The third-order valence-electron chi connectivity index (χ3n) is 8.72. The predicted molar refractivity (Wildman–Crippen MR) is 150 cm³/mol. The lowest BCUT2D eigenvalue weighted by Gasteiger charge is -2.50. The van der Waals surface area contributed by atoms with Gasteiger partial charge in [0.2, 0.25) is 0 Å². The smallest absolute Gasteiger partial charge is 0.336 e. The number of hydrogen-bond acceptors (Lipinski definition) is 7. The molecular weight excluding hydrogens is 539 g/mol. The van der Waals surface area contributed by atoms with Gasteiger partial charge in [-0.05, 0) is 75.7 Å². The number of fused-ring (bicyclic) bond motifs is 1. The van der Waals surface area contributed by atoms with Crippen molar-refractivity contribution in [3.05, 3.63) is 51.4 Å². The summed E-state index contributed by atoms with van der Waals surface area (Å²) in [6.07, 6.45) is 9.13. The number of benzene rings is 1. The first-order valence-corrected chi connectivity index (χ1v) is 14.7. The van der Waals surface area contributed by atoms with Crippen molar-refractivity contribution in [2.24, 2.45) is 0 Å². The van der Waals surface area contributed by atoms with Crippen LogP contribution in [-0.4, -0.2) is 87.1 Å². The highest BCUT2D eigenvalue weighted by Crippen LogP contribution is 2.38. The number of aromatic nitrogens is 2. The molecule has 6 rings (SSSR count). The van der Waals surface area contributed by atoms with Crippen LogP contribution in [0.5, 0.6) is 0 Å². The van der Waals surface area contributed by atoms with Crippen molar-refractivity contribution in [3.63, 3.8) is 0 Å². The molecule has 0 spiro atoms. The fraction of sp³-hybridized carbons (Fsp3) is 0.571. The van der Waals surface area contributed by atoms with Gasteiger partial charge in [-0.1, -0.05) is 29.3 Å². The van der Waals surface area contributed by atoms with Crippen molar-refractivity contribution >= 4 is 40.9 Å². The Bertz CT molecular complexity index is 1250. The molecule has 2 aromatic rings. The summed E-state index contributed by atoms with van der Waals surface area (Å²) >= 11 is 12.6. The van der Waals surface area contributed by atoms with Crippen molar-refractivity contribution in [1.82, 2.24) is 25.1 Å². The minimum absolute atomic E-state index is 0.205. The molecule has 2 atom stereocenters. The second-order valence-electron chi connectivity index (χ2n) is 11.2. The Labute approximate surface area is 238 Å². The lowest BCUT2D eigenvalue weighted by molar-refractivity contribution is 0.0531. The van der Waals surface area contributed by atoms with Gasteiger partial charge in [0, 0.05) is 48.8 Å². The van der Waals surface area contributed by atoms with Gasteiger partial charge in [-0.3, -0.25) is 14.6 Å². The van der Waals surface area contributed by atoms with Gasteiger partial charge in [-0.2, -0.15) is 0 Å². The maximum absolute atomic E-state index is 12.4. The first-order chi connectivity index (χ1) is 18.9. The van der Waals surface area contributed by atoms with Crippen LogP contribution in [0.2, 0.25) is 10.2 Å². The molecule has 2 saturated heterocycles. The number of amides is 1. The molecule has 9 nitrogen and oxygen atoms in total. The Balaban J connectivity index is 1.08. The summed E-state index contributed by atoms with van der Waals surface area (Å²) in [6.45, 7) is 4.26. The zero-order valence-electron chi connectivity index (χ0n) is 21.9. The van der Waals surface area contributed by atoms with Crippen LogP contribution in [0.15, 0.2) is 24.4 Å². The Hall–Kier alpha value is -2.46. The van der Waals surface area contributed by atoms with Crippen LogP contribution in [0.1, 0.15) is 71.4 Å². The first-order valence-electron chi connectivity index (χ1n) is 14.0. The molecule has 39 heavy (non-hydrogen) atoms. The monoisotopic (exact) mass is 572 g/mol. The molecular formula is C28H34Cl2N6O3. The van der Waals surface area contributed by atoms with E-state index in [1.54, 1.807) is 18.3 Å². The molecule has 0 radical (unpaired) electrons. The summed E-state index contributed by atoms with van der Waals surface area (Å²) in [4.78, 5) is 40.5. The van der Waals surface area contributed by atoms with Gasteiger partial charge in [-0.25, -0.2) is 14.8 Å². The van der Waals surface area contributed by atoms with Crippen molar-refractivity contribution in [1.29, 1.82) is 0 Å². The van der Waals surface area contributed by atoms with Gasteiger partial charge in [0.1, 0.15) is 5.69 Å². The number of nitrogens with zero attached hydrogens (tertiary/aromatic N) is 5. The van der Waals surface area contributed by atoms with Gasteiger partial charge in [-0.15, -0.1) is 0 Å². The SMILES string of the molecule is O=C(NC1CC1)c1cnc(N2CCN(C3CCN(Cc4ccc(Cl)cc4C(=O)O)CC3)[C@H]3CCC[C@H]32)c(Cl)n1. The standard InChI is InChI=1S/C28H34Cl2N6O3/c29-18-5-4-17(21(14-18)28(38)39)16-34-10-8-20(9-11-34)35-12-13-36(24-3-1-2-23(24)35)26-25(30)33-22(15-31-26)27(37)32-19-6-7-19/h4-5,14-15,19-20,23-24H,1-3,6-13,16H2,(H,32,37)(H,38,39)/t23-,24+/m0/s1. The van der Waals surface area contributed by atoms with Crippen LogP contribution >= 0.6 is 23.2 Å². The number of carboxylic acid groups (broad SMARTS) is 1. The quantitative estimate of drug-likeness (QED) is 0.511. The molecule has 4 fully saturated rings. The number of hydrogen-bond donors (Lipinski definition) is 2. The van der Waals surface area contributed by atoms with Crippen molar-refractivity contribution in [2.45, 2.75) is 75.7 Å². The van der Waals surface area contributed by atoms with Gasteiger partial charge in [0.05, 0.1) is 11.8 Å². The topological polar surface area (TPSA) is 102 Å². The number of anilines is 1. The number of rotatable bonds is 7. The molecule has 2 aliphatic carbocycles. The Morgan fingerprint density at radius 3 is 2.49 bits per heavy atom. The largest absolute Gasteiger partial charge is 0.478 e. The minimum Gasteiger partial charge on any atom is -0.478 e. The Kier molecular flexibility index (Phi) is 7.68. The summed E-state index contributed by atoms with van der Waals surface area (Å²) < 4.78 is 0. The van der Waals surface area contributed by atoms with E-state index >= 15 is 0 Å². The van der Waals surface area contributed by atoms with Crippen LogP contribution in [0, 0.1) is 0 Å². The first kappa shape index (κ1) is 26.7. The molecule has 0 unspecified atom stereocenters. The summed E-state index contributed by atoms with van der Waals surface area (Å²) in [6, 6.07) is 6.69. The number of piperazine rings is 1. The van der Waals surface area contributed by atoms with Gasteiger partial charge >= 0.3 is 5.97 Å². The van der Waals surface area contributed by atoms with Crippen molar-refractivity contribution in [2.75, 3.05) is 31.1 Å². The number of piperidine rings is 1. The number of likely N-dealkylation sites (tertiary alicyclic amines) is 1. The number of carboxylic acids is 1. The van der Waals surface area contributed by atoms with Crippen LogP contribution in [0.4, 0.5) is 5.82 Å². The third kappa shape index (κ3) is 5.73. The highest BCUT2D eigenvalue weighted by Gasteiger charge is 2.44. The van der Waals surface area contributed by atoms with E-state index in [-0.39, 0.29) is 23.2 Å². The predicted octanol–water partition coefficient (Wildman–Crippen LogP) is 4.08. The van der Waals surface area contributed by atoms with Crippen LogP contribution in [0.3, 0.4) is 0 Å². The molecule has 0 bridgehead atoms. The number of carbonyl (C=O) groups excluding carboxylic acids is 1. The van der Waals surface area contributed by atoms with Gasteiger partial charge in [0.25, 0.3) is 5.91 Å². The molecule has 2 N–H and O–H groups in total. The Morgan fingerprint density at radius 2 is 1.77 bits per heavy atom. The zero-order chi connectivity index (χ0) is 27.1. The van der Waals surface area contributed by atoms with E-state index in [2.05, 4.69) is 30.0 Å². The normalized spacial score (nSPS) is 24.5. The van der Waals surface area contributed by atoms with E-state index in [1.807, 2.05) is 6.07 Å². The summed E-state index contributed by atoms with van der Waals surface area (Å²) in [5.74, 6) is -0.458. The van der Waals surface area contributed by atoms with E-state index in [0.717, 1.165) is 70.3 Å². The minimum atomic E-state index is -0.937. The fourth-order valence-corrected chi connectivity index (χ4v) is 7.05. The molecule has 11 heteroatoms. The lowest BCUT2D eigenvalue weighted by atomic mass is 9.96. The van der Waals surface area contributed by atoms with Crippen LogP contribution in [-0.2, 0) is 6.54 Å². The van der Waals surface area contributed by atoms with E-state index in [9.17, 15) is 14.7 Å². The van der Waals surface area contributed by atoms with E-state index < -0.39 is 5.97 Å². The molecule has 3 heterocycles. The van der Waals surface area contributed by atoms with E-state index in [1.165, 1.54) is 6.42 Å². The fourth-order valence-electron chi connectivity index (χ4n) is 6.63. The molecule has 4 aliphatic rings. The second-order valence-corrected chi connectivity index (χ2v) is 12.0. The Morgan fingerprint density at radius 1 is 1.00 bits per heavy atom. The average molecular weight is 574 g/mol. The number of aromatic carboxylic acids is 1. The lowest BCUT2D eigenvalue weighted by Crippen LogP contribution is -2.61. The maximum Gasteiger partial charge on any atom is 0.336 e. The second kappa shape index (κ2) is 11.2. The highest BCUT2D eigenvalue weighted by molar-refractivity contribution is 6.32.